The lowest BCUT2D eigenvalue weighted by Crippen LogP contribution is -3.00. The van der Waals surface area contributed by atoms with Crippen LogP contribution in [0.3, 0.4) is 0 Å². The van der Waals surface area contributed by atoms with E-state index in [0.29, 0.717) is 35.3 Å². The van der Waals surface area contributed by atoms with Crippen molar-refractivity contribution < 1.29 is 53.5 Å². The number of likely N-dealkylation sites (N-methyl/N-ethyl adjacent to an activating group) is 2. The molecule has 2 N–H and O–H groups in total. The minimum atomic E-state index is -1.28. The van der Waals surface area contributed by atoms with E-state index in [0.717, 1.165) is 35.0 Å². The molecule has 8 heteroatoms. The average molecular weight is 459 g/mol. The molecule has 2 aliphatic rings. The van der Waals surface area contributed by atoms with E-state index >= 15 is 0 Å². The van der Waals surface area contributed by atoms with E-state index in [1.54, 1.807) is 0 Å². The Morgan fingerprint density at radius 2 is 1.07 bits per heavy atom. The molecule has 2 unspecified atom stereocenters. The van der Waals surface area contributed by atoms with Gasteiger partial charge < -0.3 is 53.5 Å². The zero-order chi connectivity index (χ0) is 20.2. The first-order chi connectivity index (χ1) is 13.0. The fourth-order valence-electron chi connectivity index (χ4n) is 4.41. The van der Waals surface area contributed by atoms with Crippen LogP contribution in [-0.4, -0.2) is 86.8 Å². The van der Waals surface area contributed by atoms with Gasteiger partial charge in [-0.05, 0) is 22.9 Å². The number of morpholine rings is 2. The molecular weight excluding hydrogens is 427 g/mol. The highest BCUT2D eigenvalue weighted by Crippen LogP contribution is 2.34. The standard InChI is InChI=1S/C22H32N2O4.2ClH/c1-23(2)9-11-27-21(25,15-23)19-7-5-18-14-20(8-6-17(18)13-19)22(26)16-24(3,4)10-12-28-22;;/h5-8,13-14,25-26H,9-12,15-16H2,1-4H3;2*1H/q+2;;/p-2. The van der Waals surface area contributed by atoms with Crippen LogP contribution >= 0.6 is 0 Å². The molecule has 0 aromatic heterocycles. The number of nitrogens with zero attached hydrogens (tertiary/aromatic N) is 2. The van der Waals surface area contributed by atoms with Crippen LogP contribution in [0.1, 0.15) is 11.1 Å². The minimum Gasteiger partial charge on any atom is -1.00 e. The third-order valence-electron chi connectivity index (χ3n) is 6.10. The van der Waals surface area contributed by atoms with Gasteiger partial charge in [-0.15, -0.1) is 0 Å². The lowest BCUT2D eigenvalue weighted by molar-refractivity contribution is -0.912. The molecule has 0 amide bonds. The third kappa shape index (κ3) is 4.92. The van der Waals surface area contributed by atoms with E-state index in [1.807, 2.05) is 36.4 Å². The summed E-state index contributed by atoms with van der Waals surface area (Å²) in [5, 5.41) is 24.2. The second-order valence-corrected chi connectivity index (χ2v) is 9.68. The fraction of sp³-hybridized carbons (Fsp3) is 0.545. The molecule has 2 fully saturated rings. The van der Waals surface area contributed by atoms with Crippen molar-refractivity contribution in [1.29, 1.82) is 0 Å². The molecule has 0 radical (unpaired) electrons. The van der Waals surface area contributed by atoms with Gasteiger partial charge in [-0.3, -0.25) is 0 Å². The number of hydrogen-bond acceptors (Lipinski definition) is 4. The number of benzene rings is 2. The van der Waals surface area contributed by atoms with Crippen molar-refractivity contribution >= 4 is 10.8 Å². The molecule has 0 spiro atoms. The molecule has 2 aromatic rings. The quantitative estimate of drug-likeness (QED) is 0.444. The Bertz CT molecular complexity index is 835. The fourth-order valence-corrected chi connectivity index (χ4v) is 4.41. The number of ether oxygens (including phenoxy) is 2. The number of halogens is 2. The van der Waals surface area contributed by atoms with Gasteiger partial charge in [-0.2, -0.15) is 0 Å². The number of hydrogen-bond donors (Lipinski definition) is 2. The van der Waals surface area contributed by atoms with Crippen LogP contribution in [0.25, 0.3) is 10.8 Å². The summed E-state index contributed by atoms with van der Waals surface area (Å²) < 4.78 is 13.0. The second kappa shape index (κ2) is 8.52. The number of rotatable bonds is 2. The van der Waals surface area contributed by atoms with Crippen LogP contribution in [0.15, 0.2) is 36.4 Å². The summed E-state index contributed by atoms with van der Waals surface area (Å²) in [6, 6.07) is 11.8. The van der Waals surface area contributed by atoms with Crippen molar-refractivity contribution in [3.05, 3.63) is 47.5 Å². The molecule has 2 aromatic carbocycles. The topological polar surface area (TPSA) is 58.9 Å². The van der Waals surface area contributed by atoms with Gasteiger partial charge in [0.1, 0.15) is 26.2 Å². The lowest BCUT2D eigenvalue weighted by Gasteiger charge is -2.43. The van der Waals surface area contributed by atoms with Gasteiger partial charge in [0.05, 0.1) is 41.4 Å². The van der Waals surface area contributed by atoms with Crippen LogP contribution in [0.5, 0.6) is 0 Å². The third-order valence-corrected chi connectivity index (χ3v) is 6.10. The van der Waals surface area contributed by atoms with Gasteiger partial charge in [0.2, 0.25) is 11.6 Å². The number of aliphatic hydroxyl groups is 2. The number of fused-ring (bicyclic) bond motifs is 1. The molecule has 2 heterocycles. The molecule has 2 saturated heterocycles. The second-order valence-electron chi connectivity index (χ2n) is 9.68. The van der Waals surface area contributed by atoms with Gasteiger partial charge >= 0.3 is 0 Å². The molecule has 2 aliphatic heterocycles. The summed E-state index contributed by atoms with van der Waals surface area (Å²) in [6.45, 7) is 3.84. The maximum Gasteiger partial charge on any atom is 0.243 e. The Labute approximate surface area is 191 Å². The highest BCUT2D eigenvalue weighted by molar-refractivity contribution is 5.84. The van der Waals surface area contributed by atoms with Crippen molar-refractivity contribution in [2.24, 2.45) is 0 Å². The van der Waals surface area contributed by atoms with E-state index in [1.165, 1.54) is 0 Å². The van der Waals surface area contributed by atoms with Gasteiger partial charge in [0.15, 0.2) is 0 Å². The summed E-state index contributed by atoms with van der Waals surface area (Å²) in [6.07, 6.45) is 0. The Kier molecular flexibility index (Phi) is 7.19. The molecule has 6 nitrogen and oxygen atoms in total. The first kappa shape index (κ1) is 25.3. The number of quaternary nitrogens is 2. The molecule has 2 atom stereocenters. The summed E-state index contributed by atoms with van der Waals surface area (Å²) in [4.78, 5) is 0. The average Bonchev–Trinajstić information content (AvgIpc) is 2.58. The molecule has 30 heavy (non-hydrogen) atoms. The van der Waals surface area contributed by atoms with Gasteiger partial charge in [0.25, 0.3) is 0 Å². The van der Waals surface area contributed by atoms with Crippen LogP contribution in [0, 0.1) is 0 Å². The Morgan fingerprint density at radius 1 is 0.700 bits per heavy atom. The summed E-state index contributed by atoms with van der Waals surface area (Å²) in [7, 11) is 8.41. The predicted molar refractivity (Wildman–Crippen MR) is 107 cm³/mol. The van der Waals surface area contributed by atoms with E-state index in [9.17, 15) is 10.2 Å². The highest BCUT2D eigenvalue weighted by Gasteiger charge is 2.43. The Balaban J connectivity index is 0.00000160. The smallest absolute Gasteiger partial charge is 0.243 e. The van der Waals surface area contributed by atoms with Gasteiger partial charge in [-0.1, -0.05) is 24.3 Å². The first-order valence-corrected chi connectivity index (χ1v) is 9.92. The van der Waals surface area contributed by atoms with Crippen molar-refractivity contribution in [1.82, 2.24) is 0 Å². The van der Waals surface area contributed by atoms with Gasteiger partial charge in [-0.25, -0.2) is 0 Å². The minimum absolute atomic E-state index is 0. The van der Waals surface area contributed by atoms with E-state index in [4.69, 9.17) is 9.47 Å². The molecule has 0 bridgehead atoms. The lowest BCUT2D eigenvalue weighted by atomic mass is 9.95. The van der Waals surface area contributed by atoms with Gasteiger partial charge in [0, 0.05) is 11.1 Å². The van der Waals surface area contributed by atoms with Crippen LogP contribution in [0.2, 0.25) is 0 Å². The van der Waals surface area contributed by atoms with Crippen LogP contribution in [-0.2, 0) is 21.0 Å². The maximum absolute atomic E-state index is 11.1. The molecule has 4 rings (SSSR count). The Morgan fingerprint density at radius 3 is 1.40 bits per heavy atom. The predicted octanol–water partition coefficient (Wildman–Crippen LogP) is -4.65. The van der Waals surface area contributed by atoms with Crippen LogP contribution < -0.4 is 24.8 Å². The molecule has 0 saturated carbocycles. The van der Waals surface area contributed by atoms with Crippen molar-refractivity contribution in [2.45, 2.75) is 11.6 Å². The molecule has 0 aliphatic carbocycles. The van der Waals surface area contributed by atoms with Crippen LogP contribution in [0.4, 0.5) is 0 Å². The molecule has 168 valence electrons. The Hall–Kier alpha value is -0.960. The zero-order valence-electron chi connectivity index (χ0n) is 18.1. The van der Waals surface area contributed by atoms with Crippen molar-refractivity contribution in [2.75, 3.05) is 67.6 Å². The summed E-state index contributed by atoms with van der Waals surface area (Å²) in [5.41, 5.74) is 1.54. The maximum atomic E-state index is 11.1. The highest BCUT2D eigenvalue weighted by atomic mass is 35.5. The molecular formula is C22H32Cl2N2O4. The van der Waals surface area contributed by atoms with E-state index < -0.39 is 11.6 Å². The SMILES string of the molecule is C[N+]1(C)CCOC(O)(c2ccc3cc(C4(O)C[N+](C)(C)CCO4)ccc3c2)C1.[Cl-].[Cl-]. The van der Waals surface area contributed by atoms with E-state index in [-0.39, 0.29) is 24.8 Å². The van der Waals surface area contributed by atoms with Crippen molar-refractivity contribution in [3.8, 4) is 0 Å². The normalized spacial score (nSPS) is 30.2. The first-order valence-electron chi connectivity index (χ1n) is 9.92. The van der Waals surface area contributed by atoms with Crippen molar-refractivity contribution in [3.63, 3.8) is 0 Å². The zero-order valence-corrected chi connectivity index (χ0v) is 19.6. The monoisotopic (exact) mass is 458 g/mol. The summed E-state index contributed by atoms with van der Waals surface area (Å²) in [5.74, 6) is -2.55. The largest absolute Gasteiger partial charge is 1.00 e. The van der Waals surface area contributed by atoms with E-state index in [2.05, 4.69) is 28.2 Å². The summed E-state index contributed by atoms with van der Waals surface area (Å²) >= 11 is 0.